The monoisotopic (exact) mass is 327 g/mol. The van der Waals surface area contributed by atoms with Gasteiger partial charge in [-0.15, -0.1) is 0 Å². The Balaban J connectivity index is 1.62. The molecule has 6 heteroatoms. The topological polar surface area (TPSA) is 95.8 Å². The van der Waals surface area contributed by atoms with Crippen molar-refractivity contribution in [2.75, 3.05) is 6.54 Å². The molecule has 0 spiro atoms. The lowest BCUT2D eigenvalue weighted by atomic mass is 9.68. The minimum absolute atomic E-state index is 0.0891. The van der Waals surface area contributed by atoms with Crippen LogP contribution in [0.25, 0.3) is 11.0 Å². The minimum atomic E-state index is 0.0891. The number of hydrogen-bond donors (Lipinski definition) is 4. The Labute approximate surface area is 141 Å². The number of aromatic amines is 1. The number of fused-ring (bicyclic) bond motifs is 2. The molecule has 4 unspecified atom stereocenters. The third kappa shape index (κ3) is 2.50. The van der Waals surface area contributed by atoms with Gasteiger partial charge in [-0.2, -0.15) is 0 Å². The largest absolute Gasteiger partial charge is 0.346 e. The number of carbonyl (C=O) groups excluding carboxylic acids is 1. The molecule has 1 saturated carbocycles. The van der Waals surface area contributed by atoms with Crippen LogP contribution in [0, 0.1) is 11.8 Å². The molecule has 0 aromatic carbocycles. The van der Waals surface area contributed by atoms with E-state index in [1.807, 2.05) is 6.20 Å². The minimum Gasteiger partial charge on any atom is -0.346 e. The van der Waals surface area contributed by atoms with E-state index in [1.54, 1.807) is 0 Å². The Morgan fingerprint density at radius 3 is 3.04 bits per heavy atom. The highest BCUT2D eigenvalue weighted by molar-refractivity contribution is 5.81. The standard InChI is InChI=1S/C18H25N5O/c1-2-10-8-20-17-14(10)6-12(9-21-17)11-3-4-13-15(5-11)16(7-19)22-23-18(13)24/h6,8-9,11,13,15-16,22H,2-5,7,19H2,1H3,(H,20,21)(H,23,24). The molecule has 2 fully saturated rings. The summed E-state index contributed by atoms with van der Waals surface area (Å²) < 4.78 is 0. The first-order chi connectivity index (χ1) is 11.7. The highest BCUT2D eigenvalue weighted by atomic mass is 16.2. The van der Waals surface area contributed by atoms with Crippen molar-refractivity contribution in [3.8, 4) is 0 Å². The van der Waals surface area contributed by atoms with E-state index >= 15 is 0 Å². The zero-order valence-electron chi connectivity index (χ0n) is 14.0. The molecule has 2 aliphatic rings. The molecule has 3 heterocycles. The fraction of sp³-hybridized carbons (Fsp3) is 0.556. The predicted octanol–water partition coefficient (Wildman–Crippen LogP) is 1.59. The fourth-order valence-electron chi connectivity index (χ4n) is 4.47. The molecule has 1 aliphatic carbocycles. The van der Waals surface area contributed by atoms with Crippen molar-refractivity contribution in [1.82, 2.24) is 20.8 Å². The molecule has 2 aromatic rings. The predicted molar refractivity (Wildman–Crippen MR) is 93.2 cm³/mol. The van der Waals surface area contributed by atoms with E-state index in [0.29, 0.717) is 18.4 Å². The Hall–Kier alpha value is -1.92. The van der Waals surface area contributed by atoms with Crippen molar-refractivity contribution in [2.45, 2.75) is 44.6 Å². The Kier molecular flexibility index (Phi) is 4.02. The second-order valence-corrected chi connectivity index (χ2v) is 7.09. The molecule has 4 atom stereocenters. The molecule has 2 aromatic heterocycles. The number of nitrogens with zero attached hydrogens (tertiary/aromatic N) is 1. The first-order valence-corrected chi connectivity index (χ1v) is 8.92. The van der Waals surface area contributed by atoms with Gasteiger partial charge in [-0.05, 0) is 54.7 Å². The summed E-state index contributed by atoms with van der Waals surface area (Å²) in [7, 11) is 0. The van der Waals surface area contributed by atoms with Crippen LogP contribution >= 0.6 is 0 Å². The SMILES string of the molecule is CCc1c[nH]c2ncc(C3CCC4C(=O)NNC(CN)C4C3)cc12. The molecular formula is C18H25N5O. The zero-order chi connectivity index (χ0) is 16.7. The van der Waals surface area contributed by atoms with Crippen LogP contribution in [0.15, 0.2) is 18.5 Å². The van der Waals surface area contributed by atoms with Gasteiger partial charge in [0.15, 0.2) is 0 Å². The number of amides is 1. The second-order valence-electron chi connectivity index (χ2n) is 7.09. The van der Waals surface area contributed by atoms with Crippen molar-refractivity contribution in [3.63, 3.8) is 0 Å². The van der Waals surface area contributed by atoms with Crippen LogP contribution in [0.2, 0.25) is 0 Å². The van der Waals surface area contributed by atoms with Crippen molar-refractivity contribution in [2.24, 2.45) is 17.6 Å². The number of aryl methyl sites for hydroxylation is 1. The van der Waals surface area contributed by atoms with Gasteiger partial charge in [0.1, 0.15) is 5.65 Å². The highest BCUT2D eigenvalue weighted by Gasteiger charge is 2.42. The number of nitrogens with two attached hydrogens (primary N) is 1. The van der Waals surface area contributed by atoms with E-state index in [9.17, 15) is 4.79 Å². The third-order valence-electron chi connectivity index (χ3n) is 5.88. The van der Waals surface area contributed by atoms with E-state index in [4.69, 9.17) is 5.73 Å². The van der Waals surface area contributed by atoms with Crippen LogP contribution in [0.5, 0.6) is 0 Å². The van der Waals surface area contributed by atoms with Gasteiger partial charge in [0, 0.05) is 36.3 Å². The van der Waals surface area contributed by atoms with Crippen LogP contribution < -0.4 is 16.6 Å². The summed E-state index contributed by atoms with van der Waals surface area (Å²) in [6, 6.07) is 2.45. The Morgan fingerprint density at radius 1 is 1.38 bits per heavy atom. The van der Waals surface area contributed by atoms with Gasteiger partial charge >= 0.3 is 0 Å². The lowest BCUT2D eigenvalue weighted by Crippen LogP contribution is -2.62. The van der Waals surface area contributed by atoms with Gasteiger partial charge < -0.3 is 10.7 Å². The number of nitrogens with one attached hydrogen (secondary N) is 3. The van der Waals surface area contributed by atoms with E-state index in [-0.39, 0.29) is 17.9 Å². The summed E-state index contributed by atoms with van der Waals surface area (Å²) in [6.07, 6.45) is 8.00. The zero-order valence-corrected chi connectivity index (χ0v) is 14.0. The van der Waals surface area contributed by atoms with Crippen molar-refractivity contribution < 1.29 is 4.79 Å². The average molecular weight is 327 g/mol. The number of carbonyl (C=O) groups is 1. The average Bonchev–Trinajstić information content (AvgIpc) is 3.04. The van der Waals surface area contributed by atoms with Crippen LogP contribution in [-0.4, -0.2) is 28.5 Å². The fourth-order valence-corrected chi connectivity index (χ4v) is 4.47. The van der Waals surface area contributed by atoms with Gasteiger partial charge in [0.2, 0.25) is 5.91 Å². The van der Waals surface area contributed by atoms with Crippen LogP contribution in [0.1, 0.15) is 43.2 Å². The first kappa shape index (κ1) is 15.6. The lowest BCUT2D eigenvalue weighted by Gasteiger charge is -2.43. The van der Waals surface area contributed by atoms with Gasteiger partial charge in [0.05, 0.1) is 0 Å². The Morgan fingerprint density at radius 2 is 2.25 bits per heavy atom. The quantitative estimate of drug-likeness (QED) is 0.688. The van der Waals surface area contributed by atoms with Crippen molar-refractivity contribution in [3.05, 3.63) is 29.6 Å². The van der Waals surface area contributed by atoms with Crippen LogP contribution in [0.4, 0.5) is 0 Å². The first-order valence-electron chi connectivity index (χ1n) is 8.92. The molecule has 5 N–H and O–H groups in total. The summed E-state index contributed by atoms with van der Waals surface area (Å²) in [5.41, 5.74) is 15.3. The van der Waals surface area contributed by atoms with Gasteiger partial charge in [-0.25, -0.2) is 10.4 Å². The van der Waals surface area contributed by atoms with Crippen molar-refractivity contribution >= 4 is 16.9 Å². The summed E-state index contributed by atoms with van der Waals surface area (Å²) in [5.74, 6) is 0.960. The number of pyridine rings is 1. The number of rotatable bonds is 3. The smallest absolute Gasteiger partial charge is 0.237 e. The maximum Gasteiger partial charge on any atom is 0.237 e. The lowest BCUT2D eigenvalue weighted by molar-refractivity contribution is -0.133. The summed E-state index contributed by atoms with van der Waals surface area (Å²) in [5, 5.41) is 1.23. The molecule has 0 bridgehead atoms. The van der Waals surface area contributed by atoms with Gasteiger partial charge in [-0.3, -0.25) is 10.2 Å². The van der Waals surface area contributed by atoms with Crippen LogP contribution in [-0.2, 0) is 11.2 Å². The third-order valence-corrected chi connectivity index (χ3v) is 5.88. The van der Waals surface area contributed by atoms with E-state index in [0.717, 1.165) is 31.3 Å². The number of hydrogen-bond acceptors (Lipinski definition) is 4. The maximum atomic E-state index is 12.1. The Bertz CT molecular complexity index is 755. The summed E-state index contributed by atoms with van der Waals surface area (Å²) in [6.45, 7) is 2.71. The molecule has 6 nitrogen and oxygen atoms in total. The van der Waals surface area contributed by atoms with E-state index < -0.39 is 0 Å². The number of hydrazine groups is 1. The summed E-state index contributed by atoms with van der Waals surface area (Å²) >= 11 is 0. The molecule has 4 rings (SSSR count). The van der Waals surface area contributed by atoms with E-state index in [2.05, 4.69) is 40.0 Å². The van der Waals surface area contributed by atoms with Gasteiger partial charge in [0.25, 0.3) is 0 Å². The second kappa shape index (κ2) is 6.18. The molecule has 1 amide bonds. The normalized spacial score (nSPS) is 30.2. The number of aromatic nitrogens is 2. The molecule has 128 valence electrons. The molecule has 0 radical (unpaired) electrons. The van der Waals surface area contributed by atoms with Gasteiger partial charge in [-0.1, -0.05) is 6.92 Å². The summed E-state index contributed by atoms with van der Waals surface area (Å²) in [4.78, 5) is 20.0. The molecule has 1 saturated heterocycles. The molecule has 24 heavy (non-hydrogen) atoms. The molecular weight excluding hydrogens is 302 g/mol. The number of H-pyrrole nitrogens is 1. The van der Waals surface area contributed by atoms with Crippen LogP contribution in [0.3, 0.4) is 0 Å². The van der Waals surface area contributed by atoms with E-state index in [1.165, 1.54) is 16.5 Å². The maximum absolute atomic E-state index is 12.1. The van der Waals surface area contributed by atoms with Crippen molar-refractivity contribution in [1.29, 1.82) is 0 Å². The molecule has 1 aliphatic heterocycles. The highest BCUT2D eigenvalue weighted by Crippen LogP contribution is 2.42.